The van der Waals surface area contributed by atoms with Crippen LogP contribution < -0.4 is 0 Å². The van der Waals surface area contributed by atoms with E-state index >= 15 is 0 Å². The molecule has 0 rings (SSSR count). The first kappa shape index (κ1) is 12.1. The Kier molecular flexibility index (Phi) is 4.59. The van der Waals surface area contributed by atoms with E-state index in [9.17, 15) is 13.2 Å². The van der Waals surface area contributed by atoms with Crippen LogP contribution in [0.3, 0.4) is 0 Å². The molecule has 0 unspecified atom stereocenters. The molecular weight excluding hydrogens is 181 g/mol. The van der Waals surface area contributed by atoms with E-state index in [0.717, 1.165) is 5.57 Å². The summed E-state index contributed by atoms with van der Waals surface area (Å²) in [6.07, 6.45) is -1.21. The van der Waals surface area contributed by atoms with Gasteiger partial charge in [0, 0.05) is 0 Å². The summed E-state index contributed by atoms with van der Waals surface area (Å²) in [5, 5.41) is 0. The van der Waals surface area contributed by atoms with Crippen LogP contribution >= 0.6 is 0 Å². The summed E-state index contributed by atoms with van der Waals surface area (Å²) in [5.74, 6) is 0.248. The summed E-state index contributed by atoms with van der Waals surface area (Å²) < 4.78 is 39.7. The zero-order chi connectivity index (χ0) is 10.5. The minimum Gasteiger partial charge on any atom is -0.484 e. The molecule has 0 atom stereocenters. The van der Waals surface area contributed by atoms with Gasteiger partial charge in [0.05, 0.1) is 0 Å². The van der Waals surface area contributed by atoms with Crippen LogP contribution in [-0.4, -0.2) is 12.8 Å². The predicted octanol–water partition coefficient (Wildman–Crippen LogP) is 3.44. The molecule has 0 saturated heterocycles. The van der Waals surface area contributed by atoms with Gasteiger partial charge in [-0.05, 0) is 32.9 Å². The molecule has 0 aliphatic heterocycles. The van der Waals surface area contributed by atoms with Crippen molar-refractivity contribution < 1.29 is 17.9 Å². The molecule has 0 aliphatic rings. The number of rotatable bonds is 3. The van der Waals surface area contributed by atoms with Crippen molar-refractivity contribution in [2.45, 2.75) is 26.9 Å². The predicted molar refractivity (Wildman–Crippen MR) is 45.2 cm³/mol. The molecule has 0 radical (unpaired) electrons. The Hall–Kier alpha value is -0.930. The van der Waals surface area contributed by atoms with Gasteiger partial charge < -0.3 is 4.74 Å². The second kappa shape index (κ2) is 4.94. The lowest BCUT2D eigenvalue weighted by atomic mass is 10.3. The summed E-state index contributed by atoms with van der Waals surface area (Å²) >= 11 is 0. The fourth-order valence-corrected chi connectivity index (χ4v) is 0.658. The Bertz CT molecular complexity index is 209. The molecule has 4 heteroatoms. The van der Waals surface area contributed by atoms with E-state index in [4.69, 9.17) is 0 Å². The van der Waals surface area contributed by atoms with Crippen molar-refractivity contribution in [1.29, 1.82) is 0 Å². The third kappa shape index (κ3) is 7.43. The third-order valence-electron chi connectivity index (χ3n) is 1.12. The fraction of sp³-hybridized carbons (Fsp3) is 0.556. The Balaban J connectivity index is 4.11. The topological polar surface area (TPSA) is 9.23 Å². The maximum atomic E-state index is 11.7. The zero-order valence-corrected chi connectivity index (χ0v) is 7.90. The Labute approximate surface area is 75.9 Å². The Morgan fingerprint density at radius 3 is 2.15 bits per heavy atom. The second-order valence-electron chi connectivity index (χ2n) is 2.82. The standard InChI is InChI=1S/C9H13F3O/c1-4-8(5-7(2)3)13-6-9(10,11)12/h4-5H,6H2,1-3H3. The number of allylic oxidation sites excluding steroid dienone is 3. The third-order valence-corrected chi connectivity index (χ3v) is 1.12. The van der Waals surface area contributed by atoms with Gasteiger partial charge in [-0.25, -0.2) is 0 Å². The lowest BCUT2D eigenvalue weighted by Gasteiger charge is -2.09. The molecular formula is C9H13F3O. The molecule has 0 aromatic heterocycles. The van der Waals surface area contributed by atoms with E-state index in [1.807, 2.05) is 0 Å². The van der Waals surface area contributed by atoms with Crippen LogP contribution in [0.5, 0.6) is 0 Å². The SMILES string of the molecule is CC=C(C=C(C)C)OCC(F)(F)F. The van der Waals surface area contributed by atoms with E-state index in [0.29, 0.717) is 0 Å². The molecule has 0 fully saturated rings. The number of hydrogen-bond donors (Lipinski definition) is 0. The van der Waals surface area contributed by atoms with Crippen LogP contribution in [0.25, 0.3) is 0 Å². The largest absolute Gasteiger partial charge is 0.484 e. The molecule has 0 aliphatic carbocycles. The van der Waals surface area contributed by atoms with Crippen LogP contribution in [-0.2, 0) is 4.74 Å². The molecule has 0 aromatic rings. The first-order chi connectivity index (χ1) is 5.85. The number of halogens is 3. The van der Waals surface area contributed by atoms with Gasteiger partial charge in [0.1, 0.15) is 5.76 Å². The first-order valence-electron chi connectivity index (χ1n) is 3.86. The van der Waals surface area contributed by atoms with Gasteiger partial charge in [-0.1, -0.05) is 5.57 Å². The quantitative estimate of drug-likeness (QED) is 0.494. The van der Waals surface area contributed by atoms with Crippen molar-refractivity contribution in [2.24, 2.45) is 0 Å². The Morgan fingerprint density at radius 1 is 1.31 bits per heavy atom. The molecule has 13 heavy (non-hydrogen) atoms. The van der Waals surface area contributed by atoms with Crippen LogP contribution in [0, 0.1) is 0 Å². The molecule has 0 amide bonds. The smallest absolute Gasteiger partial charge is 0.422 e. The van der Waals surface area contributed by atoms with E-state index < -0.39 is 12.8 Å². The van der Waals surface area contributed by atoms with Crippen LogP contribution in [0.2, 0.25) is 0 Å². The van der Waals surface area contributed by atoms with Gasteiger partial charge in [0.2, 0.25) is 0 Å². The highest BCUT2D eigenvalue weighted by molar-refractivity contribution is 5.15. The molecule has 1 nitrogen and oxygen atoms in total. The average molecular weight is 194 g/mol. The van der Waals surface area contributed by atoms with E-state index in [1.165, 1.54) is 6.08 Å². The normalized spacial score (nSPS) is 12.6. The summed E-state index contributed by atoms with van der Waals surface area (Å²) in [5.41, 5.74) is 0.898. The molecule has 0 spiro atoms. The van der Waals surface area contributed by atoms with Crippen LogP contribution in [0.15, 0.2) is 23.5 Å². The summed E-state index contributed by atoms with van der Waals surface area (Å²) in [6, 6.07) is 0. The fourth-order valence-electron chi connectivity index (χ4n) is 0.658. The number of hydrogen-bond acceptors (Lipinski definition) is 1. The van der Waals surface area contributed by atoms with Crippen molar-refractivity contribution >= 4 is 0 Å². The van der Waals surface area contributed by atoms with Gasteiger partial charge >= 0.3 is 6.18 Å². The second-order valence-corrected chi connectivity index (χ2v) is 2.82. The lowest BCUT2D eigenvalue weighted by Crippen LogP contribution is -2.16. The van der Waals surface area contributed by atoms with Crippen molar-refractivity contribution in [1.82, 2.24) is 0 Å². The molecule has 0 heterocycles. The van der Waals surface area contributed by atoms with E-state index in [1.54, 1.807) is 26.8 Å². The molecule has 0 bridgehead atoms. The van der Waals surface area contributed by atoms with Gasteiger partial charge in [0.25, 0.3) is 0 Å². The molecule has 76 valence electrons. The maximum absolute atomic E-state index is 11.7. The van der Waals surface area contributed by atoms with E-state index in [2.05, 4.69) is 4.74 Å². The van der Waals surface area contributed by atoms with Gasteiger partial charge in [-0.3, -0.25) is 0 Å². The summed E-state index contributed by atoms with van der Waals surface area (Å²) in [4.78, 5) is 0. The molecule has 0 aromatic carbocycles. The molecule has 0 N–H and O–H groups in total. The highest BCUT2D eigenvalue weighted by Gasteiger charge is 2.28. The minimum absolute atomic E-state index is 0.248. The lowest BCUT2D eigenvalue weighted by molar-refractivity contribution is -0.163. The van der Waals surface area contributed by atoms with Crippen molar-refractivity contribution in [3.63, 3.8) is 0 Å². The number of ether oxygens (including phenoxy) is 1. The average Bonchev–Trinajstić information content (AvgIpc) is 1.95. The summed E-state index contributed by atoms with van der Waals surface area (Å²) in [7, 11) is 0. The monoisotopic (exact) mass is 194 g/mol. The maximum Gasteiger partial charge on any atom is 0.422 e. The van der Waals surface area contributed by atoms with Gasteiger partial charge in [-0.2, -0.15) is 13.2 Å². The zero-order valence-electron chi connectivity index (χ0n) is 7.90. The number of alkyl halides is 3. The first-order valence-corrected chi connectivity index (χ1v) is 3.86. The Morgan fingerprint density at radius 2 is 1.85 bits per heavy atom. The van der Waals surface area contributed by atoms with Crippen LogP contribution in [0.1, 0.15) is 20.8 Å². The highest BCUT2D eigenvalue weighted by Crippen LogP contribution is 2.17. The van der Waals surface area contributed by atoms with Crippen LogP contribution in [0.4, 0.5) is 13.2 Å². The minimum atomic E-state index is -4.27. The van der Waals surface area contributed by atoms with Crippen molar-refractivity contribution in [2.75, 3.05) is 6.61 Å². The van der Waals surface area contributed by atoms with Crippen molar-refractivity contribution in [3.05, 3.63) is 23.5 Å². The van der Waals surface area contributed by atoms with Gasteiger partial charge in [-0.15, -0.1) is 0 Å². The highest BCUT2D eigenvalue weighted by atomic mass is 19.4. The van der Waals surface area contributed by atoms with Crippen molar-refractivity contribution in [3.8, 4) is 0 Å². The van der Waals surface area contributed by atoms with E-state index in [-0.39, 0.29) is 5.76 Å². The van der Waals surface area contributed by atoms with Gasteiger partial charge in [0.15, 0.2) is 6.61 Å². The summed E-state index contributed by atoms with van der Waals surface area (Å²) in [6.45, 7) is 3.97. The molecule has 0 saturated carbocycles.